The van der Waals surface area contributed by atoms with Gasteiger partial charge in [-0.2, -0.15) is 0 Å². The van der Waals surface area contributed by atoms with E-state index in [1.54, 1.807) is 12.1 Å². The van der Waals surface area contributed by atoms with E-state index in [1.807, 2.05) is 0 Å². The van der Waals surface area contributed by atoms with Crippen LogP contribution in [0.4, 0.5) is 0 Å². The number of aromatic nitrogens is 1. The number of rotatable bonds is 1. The molecule has 0 aliphatic rings. The molecule has 0 radical (unpaired) electrons. The van der Waals surface area contributed by atoms with Crippen LogP contribution in [0.5, 0.6) is 5.75 Å². The number of pyridine rings is 1. The molecule has 1 aromatic rings. The van der Waals surface area contributed by atoms with Gasteiger partial charge >= 0.3 is 35.5 Å². The van der Waals surface area contributed by atoms with E-state index in [0.717, 1.165) is 0 Å². The molecule has 0 amide bonds. The van der Waals surface area contributed by atoms with Crippen molar-refractivity contribution in [2.24, 2.45) is 0 Å². The van der Waals surface area contributed by atoms with Crippen LogP contribution in [0.2, 0.25) is 5.15 Å². The summed E-state index contributed by atoms with van der Waals surface area (Å²) in [5, 5.41) is 0.197. The average Bonchev–Trinajstić information content (AvgIpc) is 1.93. The first-order chi connectivity index (χ1) is 5.20. The Labute approximate surface area is 97.4 Å². The molecule has 0 spiro atoms. The summed E-state index contributed by atoms with van der Waals surface area (Å²) in [6, 6.07) is 3.22. The fraction of sp³-hybridized carbons (Fsp3) is 0.143. The summed E-state index contributed by atoms with van der Waals surface area (Å²) in [5.74, 6) is -0.110. The standard InChI is InChI=1S/C7H6ClNO2.Na.H/c1-5(10)11-6-3-2-4-9-7(6)8;;/h2-4H,1H3;;. The van der Waals surface area contributed by atoms with E-state index in [9.17, 15) is 4.79 Å². The van der Waals surface area contributed by atoms with Gasteiger partial charge < -0.3 is 4.74 Å². The third-order valence-corrected chi connectivity index (χ3v) is 1.26. The van der Waals surface area contributed by atoms with Crippen molar-refractivity contribution in [3.8, 4) is 5.75 Å². The first kappa shape index (κ1) is 11.9. The van der Waals surface area contributed by atoms with Crippen LogP contribution in [0.3, 0.4) is 0 Å². The van der Waals surface area contributed by atoms with Gasteiger partial charge in [-0.25, -0.2) is 4.98 Å². The minimum absolute atomic E-state index is 0. The predicted molar refractivity (Wildman–Crippen MR) is 47.7 cm³/mol. The van der Waals surface area contributed by atoms with Crippen LogP contribution in [0.15, 0.2) is 18.3 Å². The molecule has 1 aromatic heterocycles. The second kappa shape index (κ2) is 5.54. The molecule has 0 aliphatic carbocycles. The van der Waals surface area contributed by atoms with Crippen molar-refractivity contribution in [1.82, 2.24) is 4.98 Å². The summed E-state index contributed by atoms with van der Waals surface area (Å²) >= 11 is 5.58. The van der Waals surface area contributed by atoms with Crippen molar-refractivity contribution in [3.05, 3.63) is 23.5 Å². The number of ether oxygens (including phenoxy) is 1. The zero-order chi connectivity index (χ0) is 8.27. The Bertz CT molecular complexity index is 280. The van der Waals surface area contributed by atoms with Gasteiger partial charge in [0, 0.05) is 13.1 Å². The molecule has 0 unspecified atom stereocenters. The number of nitrogens with zero attached hydrogens (tertiary/aromatic N) is 1. The van der Waals surface area contributed by atoms with Crippen molar-refractivity contribution < 1.29 is 9.53 Å². The third kappa shape index (κ3) is 3.54. The van der Waals surface area contributed by atoms with Gasteiger partial charge in [0.15, 0.2) is 10.9 Å². The van der Waals surface area contributed by atoms with Crippen LogP contribution in [-0.4, -0.2) is 40.5 Å². The Balaban J connectivity index is 0.00000121. The molecule has 0 atom stereocenters. The van der Waals surface area contributed by atoms with Gasteiger partial charge in [-0.15, -0.1) is 0 Å². The number of hydrogen-bond donors (Lipinski definition) is 0. The van der Waals surface area contributed by atoms with Crippen LogP contribution in [0.25, 0.3) is 0 Å². The molecule has 0 saturated carbocycles. The number of hydrogen-bond acceptors (Lipinski definition) is 3. The molecule has 5 heteroatoms. The van der Waals surface area contributed by atoms with E-state index in [2.05, 4.69) is 4.98 Å². The molecule has 0 aromatic carbocycles. The van der Waals surface area contributed by atoms with E-state index < -0.39 is 5.97 Å². The monoisotopic (exact) mass is 195 g/mol. The quantitative estimate of drug-likeness (QED) is 0.382. The summed E-state index contributed by atoms with van der Waals surface area (Å²) in [7, 11) is 0. The number of carbonyl (C=O) groups is 1. The van der Waals surface area contributed by atoms with Crippen LogP contribution in [-0.2, 0) is 4.79 Å². The molecule has 0 saturated heterocycles. The first-order valence-electron chi connectivity index (χ1n) is 2.99. The molecular formula is C7H7ClNNaO2. The fourth-order valence-electron chi connectivity index (χ4n) is 0.602. The van der Waals surface area contributed by atoms with Crippen molar-refractivity contribution >= 4 is 47.1 Å². The van der Waals surface area contributed by atoms with Crippen LogP contribution in [0, 0.1) is 0 Å². The molecule has 0 N–H and O–H groups in total. The van der Waals surface area contributed by atoms with Gasteiger partial charge in [0.25, 0.3) is 0 Å². The second-order valence-electron chi connectivity index (χ2n) is 1.89. The van der Waals surface area contributed by atoms with E-state index in [1.165, 1.54) is 13.1 Å². The van der Waals surface area contributed by atoms with Gasteiger partial charge in [0.2, 0.25) is 0 Å². The molecule has 0 bridgehead atoms. The fourth-order valence-corrected chi connectivity index (χ4v) is 0.760. The Hall–Kier alpha value is -0.0900. The minimum atomic E-state index is -0.403. The van der Waals surface area contributed by atoms with Crippen molar-refractivity contribution in [2.45, 2.75) is 6.92 Å². The van der Waals surface area contributed by atoms with Crippen LogP contribution >= 0.6 is 11.6 Å². The van der Waals surface area contributed by atoms with E-state index in [0.29, 0.717) is 5.75 Å². The molecule has 0 fully saturated rings. The van der Waals surface area contributed by atoms with Crippen LogP contribution < -0.4 is 4.74 Å². The van der Waals surface area contributed by atoms with Gasteiger partial charge in [0.05, 0.1) is 0 Å². The Morgan fingerprint density at radius 3 is 2.83 bits per heavy atom. The summed E-state index contributed by atoms with van der Waals surface area (Å²) in [5.41, 5.74) is 0. The maximum absolute atomic E-state index is 10.5. The number of carbonyl (C=O) groups excluding carboxylic acids is 1. The van der Waals surface area contributed by atoms with Crippen molar-refractivity contribution in [2.75, 3.05) is 0 Å². The number of halogens is 1. The SMILES string of the molecule is CC(=O)Oc1cccnc1Cl.[NaH]. The van der Waals surface area contributed by atoms with Gasteiger partial charge in [-0.3, -0.25) is 4.79 Å². The van der Waals surface area contributed by atoms with Crippen molar-refractivity contribution in [1.29, 1.82) is 0 Å². The zero-order valence-electron chi connectivity index (χ0n) is 5.87. The van der Waals surface area contributed by atoms with Crippen molar-refractivity contribution in [3.63, 3.8) is 0 Å². The van der Waals surface area contributed by atoms with Gasteiger partial charge in [-0.1, -0.05) is 11.6 Å². The summed E-state index contributed by atoms with van der Waals surface area (Å²) < 4.78 is 4.71. The zero-order valence-corrected chi connectivity index (χ0v) is 6.63. The molecule has 1 rings (SSSR count). The summed E-state index contributed by atoms with van der Waals surface area (Å²) in [6.45, 7) is 1.31. The molecule has 0 aliphatic heterocycles. The number of esters is 1. The molecule has 12 heavy (non-hydrogen) atoms. The Morgan fingerprint density at radius 1 is 1.67 bits per heavy atom. The van der Waals surface area contributed by atoms with Gasteiger partial charge in [0.1, 0.15) is 0 Å². The Morgan fingerprint density at radius 2 is 2.33 bits per heavy atom. The first-order valence-corrected chi connectivity index (χ1v) is 3.37. The van der Waals surface area contributed by atoms with E-state index in [-0.39, 0.29) is 34.7 Å². The van der Waals surface area contributed by atoms with Crippen LogP contribution in [0.1, 0.15) is 6.92 Å². The molecule has 60 valence electrons. The molecule has 3 nitrogen and oxygen atoms in total. The molecular weight excluding hydrogens is 189 g/mol. The second-order valence-corrected chi connectivity index (χ2v) is 2.24. The predicted octanol–water partition coefficient (Wildman–Crippen LogP) is 1.01. The third-order valence-electron chi connectivity index (χ3n) is 0.979. The Kier molecular flexibility index (Phi) is 5.50. The molecule has 1 heterocycles. The topological polar surface area (TPSA) is 39.2 Å². The van der Waals surface area contributed by atoms with E-state index in [4.69, 9.17) is 16.3 Å². The summed E-state index contributed by atoms with van der Waals surface area (Å²) in [6.07, 6.45) is 1.52. The summed E-state index contributed by atoms with van der Waals surface area (Å²) in [4.78, 5) is 14.2. The average molecular weight is 196 g/mol. The van der Waals surface area contributed by atoms with E-state index >= 15 is 0 Å². The maximum atomic E-state index is 10.5. The normalized spacial score (nSPS) is 8.50. The van der Waals surface area contributed by atoms with Gasteiger partial charge in [-0.05, 0) is 12.1 Å².